The zero-order valence-corrected chi connectivity index (χ0v) is 10.8. The predicted molar refractivity (Wildman–Crippen MR) is 73.4 cm³/mol. The molecule has 0 fully saturated rings. The van der Waals surface area contributed by atoms with Crippen LogP contribution in [-0.2, 0) is 4.79 Å². The molecule has 1 aromatic rings. The van der Waals surface area contributed by atoms with Crippen LogP contribution in [0.5, 0.6) is 0 Å². The minimum atomic E-state index is -0.206. The molecule has 4 N–H and O–H groups in total. The third kappa shape index (κ3) is 5.23. The van der Waals surface area contributed by atoms with E-state index in [1.165, 1.54) is 0 Å². The summed E-state index contributed by atoms with van der Waals surface area (Å²) in [6.07, 6.45) is 0.266. The van der Waals surface area contributed by atoms with Crippen LogP contribution >= 0.6 is 0 Å². The van der Waals surface area contributed by atoms with Crippen molar-refractivity contribution in [1.29, 1.82) is 0 Å². The monoisotopic (exact) mass is 259 g/mol. The second-order valence-electron chi connectivity index (χ2n) is 3.76. The minimum absolute atomic E-state index is 0.104. The van der Waals surface area contributed by atoms with Crippen LogP contribution in [0.2, 0.25) is 0 Å². The van der Waals surface area contributed by atoms with Crippen LogP contribution < -0.4 is 16.4 Å². The van der Waals surface area contributed by atoms with E-state index in [-0.39, 0.29) is 18.2 Å². The Labute approximate surface area is 112 Å². The van der Waals surface area contributed by atoms with Crippen LogP contribution in [-0.4, -0.2) is 32.0 Å². The van der Waals surface area contributed by atoms with Gasteiger partial charge in [-0.15, -0.1) is 0 Å². The maximum atomic E-state index is 11.7. The lowest BCUT2D eigenvalue weighted by atomic mass is 10.1. The van der Waals surface area contributed by atoms with Crippen molar-refractivity contribution in [3.63, 3.8) is 0 Å². The molecule has 0 radical (unpaired) electrons. The fraction of sp³-hybridized carbons (Fsp3) is 0.286. The van der Waals surface area contributed by atoms with E-state index < -0.39 is 0 Å². The van der Waals surface area contributed by atoms with E-state index in [0.29, 0.717) is 18.7 Å². The quantitative estimate of drug-likeness (QED) is 0.658. The summed E-state index contributed by atoms with van der Waals surface area (Å²) < 4.78 is 0. The number of benzene rings is 1. The van der Waals surface area contributed by atoms with Crippen LogP contribution in [0.15, 0.2) is 24.3 Å². The Kier molecular flexibility index (Phi) is 6.13. The third-order valence-electron chi connectivity index (χ3n) is 2.40. The van der Waals surface area contributed by atoms with Gasteiger partial charge in [-0.25, -0.2) is 0 Å². The fourth-order valence-corrected chi connectivity index (χ4v) is 1.37. The van der Waals surface area contributed by atoms with Crippen LogP contribution in [0.1, 0.15) is 22.3 Å². The standard InChI is InChI=1S/C14H17N3O2/c1-16-13(18)8-10-17-14(19)12-6-4-11(5-7-12)3-2-9-15/h4-7H,8-10,15H2,1H3,(H,16,18)(H,17,19). The normalized spacial score (nSPS) is 9.16. The largest absolute Gasteiger partial charge is 0.359 e. The van der Waals surface area contributed by atoms with E-state index in [0.717, 1.165) is 5.56 Å². The molecule has 100 valence electrons. The highest BCUT2D eigenvalue weighted by Gasteiger charge is 2.05. The van der Waals surface area contributed by atoms with E-state index in [1.54, 1.807) is 31.3 Å². The van der Waals surface area contributed by atoms with Crippen molar-refractivity contribution >= 4 is 11.8 Å². The van der Waals surface area contributed by atoms with Gasteiger partial charge in [0.2, 0.25) is 5.91 Å². The molecule has 0 atom stereocenters. The van der Waals surface area contributed by atoms with Gasteiger partial charge >= 0.3 is 0 Å². The maximum Gasteiger partial charge on any atom is 0.251 e. The lowest BCUT2D eigenvalue weighted by molar-refractivity contribution is -0.120. The number of hydrogen-bond acceptors (Lipinski definition) is 3. The molecule has 0 saturated heterocycles. The number of rotatable bonds is 4. The number of hydrogen-bond donors (Lipinski definition) is 3. The third-order valence-corrected chi connectivity index (χ3v) is 2.40. The van der Waals surface area contributed by atoms with Crippen molar-refractivity contribution in [3.8, 4) is 11.8 Å². The lowest BCUT2D eigenvalue weighted by Gasteiger charge is -2.04. The number of nitrogens with two attached hydrogens (primary N) is 1. The second kappa shape index (κ2) is 7.90. The maximum absolute atomic E-state index is 11.7. The van der Waals surface area contributed by atoms with Crippen LogP contribution in [0.3, 0.4) is 0 Å². The van der Waals surface area contributed by atoms with Crippen molar-refractivity contribution in [2.45, 2.75) is 6.42 Å². The number of carbonyl (C=O) groups is 2. The first-order valence-corrected chi connectivity index (χ1v) is 5.95. The summed E-state index contributed by atoms with van der Waals surface area (Å²) >= 11 is 0. The van der Waals surface area contributed by atoms with E-state index in [9.17, 15) is 9.59 Å². The van der Waals surface area contributed by atoms with Crippen molar-refractivity contribution in [2.24, 2.45) is 5.73 Å². The predicted octanol–water partition coefficient (Wildman–Crippen LogP) is -0.137. The van der Waals surface area contributed by atoms with Gasteiger partial charge < -0.3 is 16.4 Å². The van der Waals surface area contributed by atoms with Gasteiger partial charge in [0.25, 0.3) is 5.91 Å². The SMILES string of the molecule is CNC(=O)CCNC(=O)c1ccc(C#CCN)cc1. The highest BCUT2D eigenvalue weighted by molar-refractivity contribution is 5.94. The molecule has 0 aliphatic heterocycles. The molecule has 0 heterocycles. The molecule has 0 unspecified atom stereocenters. The first-order valence-electron chi connectivity index (χ1n) is 5.95. The molecule has 2 amide bonds. The zero-order chi connectivity index (χ0) is 14.1. The molecule has 0 aliphatic rings. The van der Waals surface area contributed by atoms with Gasteiger partial charge in [-0.2, -0.15) is 0 Å². The van der Waals surface area contributed by atoms with E-state index in [1.807, 2.05) is 0 Å². The van der Waals surface area contributed by atoms with Crippen molar-refractivity contribution in [2.75, 3.05) is 20.1 Å². The van der Waals surface area contributed by atoms with Gasteiger partial charge in [0.15, 0.2) is 0 Å². The highest BCUT2D eigenvalue weighted by Crippen LogP contribution is 2.03. The Bertz CT molecular complexity index is 498. The van der Waals surface area contributed by atoms with E-state index >= 15 is 0 Å². The molecule has 0 saturated carbocycles. The molecular formula is C14H17N3O2. The van der Waals surface area contributed by atoms with Crippen molar-refractivity contribution in [3.05, 3.63) is 35.4 Å². The molecule has 0 aliphatic carbocycles. The molecule has 1 rings (SSSR count). The first kappa shape index (κ1) is 14.7. The average molecular weight is 259 g/mol. The number of nitrogens with one attached hydrogen (secondary N) is 2. The molecule has 0 aromatic heterocycles. The molecule has 19 heavy (non-hydrogen) atoms. The summed E-state index contributed by atoms with van der Waals surface area (Å²) in [6, 6.07) is 6.90. The summed E-state index contributed by atoms with van der Waals surface area (Å²) in [6.45, 7) is 0.620. The Morgan fingerprint density at radius 1 is 1.26 bits per heavy atom. The summed E-state index contributed by atoms with van der Waals surface area (Å²) in [7, 11) is 1.56. The fourth-order valence-electron chi connectivity index (χ4n) is 1.37. The molecule has 0 spiro atoms. The minimum Gasteiger partial charge on any atom is -0.359 e. The van der Waals surface area contributed by atoms with Gasteiger partial charge in [-0.3, -0.25) is 9.59 Å². The first-order chi connectivity index (χ1) is 9.17. The Morgan fingerprint density at radius 3 is 2.53 bits per heavy atom. The van der Waals surface area contributed by atoms with Crippen LogP contribution in [0, 0.1) is 11.8 Å². The van der Waals surface area contributed by atoms with Crippen LogP contribution in [0.25, 0.3) is 0 Å². The van der Waals surface area contributed by atoms with Gasteiger partial charge in [-0.1, -0.05) is 11.8 Å². The molecule has 5 nitrogen and oxygen atoms in total. The molecule has 5 heteroatoms. The van der Waals surface area contributed by atoms with Crippen molar-refractivity contribution in [1.82, 2.24) is 10.6 Å². The number of carbonyl (C=O) groups excluding carboxylic acids is 2. The molecular weight excluding hydrogens is 242 g/mol. The smallest absolute Gasteiger partial charge is 0.251 e. The van der Waals surface area contributed by atoms with E-state index in [2.05, 4.69) is 22.5 Å². The van der Waals surface area contributed by atoms with Gasteiger partial charge in [0, 0.05) is 31.1 Å². The van der Waals surface area contributed by atoms with Crippen molar-refractivity contribution < 1.29 is 9.59 Å². The highest BCUT2D eigenvalue weighted by atomic mass is 16.2. The molecule has 1 aromatic carbocycles. The second-order valence-corrected chi connectivity index (χ2v) is 3.76. The average Bonchev–Trinajstić information content (AvgIpc) is 2.45. The Hall–Kier alpha value is -2.32. The Balaban J connectivity index is 2.51. The van der Waals surface area contributed by atoms with Crippen LogP contribution in [0.4, 0.5) is 0 Å². The summed E-state index contributed by atoms with van der Waals surface area (Å²) in [4.78, 5) is 22.7. The molecule has 0 bridgehead atoms. The van der Waals surface area contributed by atoms with Gasteiger partial charge in [0.1, 0.15) is 0 Å². The lowest BCUT2D eigenvalue weighted by Crippen LogP contribution is -2.29. The van der Waals surface area contributed by atoms with Gasteiger partial charge in [-0.05, 0) is 24.3 Å². The summed E-state index contributed by atoms with van der Waals surface area (Å²) in [5.41, 5.74) is 6.62. The zero-order valence-electron chi connectivity index (χ0n) is 10.8. The Morgan fingerprint density at radius 2 is 1.95 bits per heavy atom. The summed E-state index contributed by atoms with van der Waals surface area (Å²) in [5.74, 6) is 5.31. The summed E-state index contributed by atoms with van der Waals surface area (Å²) in [5, 5.41) is 5.16. The number of amides is 2. The van der Waals surface area contributed by atoms with Gasteiger partial charge in [0.05, 0.1) is 6.54 Å². The topological polar surface area (TPSA) is 84.2 Å². The van der Waals surface area contributed by atoms with E-state index in [4.69, 9.17) is 5.73 Å².